The number of aliphatic carboxylic acids is 1. The highest BCUT2D eigenvalue weighted by atomic mass is 16.4. The van der Waals surface area contributed by atoms with Gasteiger partial charge in [0.25, 0.3) is 0 Å². The van der Waals surface area contributed by atoms with E-state index in [-0.39, 0.29) is 11.7 Å². The molecule has 0 aromatic carbocycles. The number of carbonyl (C=O) groups is 2. The highest BCUT2D eigenvalue weighted by Gasteiger charge is 2.26. The first-order chi connectivity index (χ1) is 8.16. The SMILES string of the molecule is O=C(CN1CCCC(C(=O)O)C1)c1ccc[nH]1. The summed E-state index contributed by atoms with van der Waals surface area (Å²) in [5, 5.41) is 8.96. The molecule has 2 N–H and O–H groups in total. The van der Waals surface area contributed by atoms with Gasteiger partial charge < -0.3 is 10.1 Å². The van der Waals surface area contributed by atoms with Crippen molar-refractivity contribution in [3.63, 3.8) is 0 Å². The second-order valence-electron chi connectivity index (χ2n) is 4.42. The van der Waals surface area contributed by atoms with E-state index in [1.165, 1.54) is 0 Å². The van der Waals surface area contributed by atoms with Crippen molar-refractivity contribution in [3.05, 3.63) is 24.0 Å². The number of hydrogen-bond acceptors (Lipinski definition) is 3. The summed E-state index contributed by atoms with van der Waals surface area (Å²) in [6.07, 6.45) is 3.26. The molecule has 1 saturated heterocycles. The van der Waals surface area contributed by atoms with Gasteiger partial charge in [-0.15, -0.1) is 0 Å². The van der Waals surface area contributed by atoms with E-state index in [0.29, 0.717) is 25.2 Å². The van der Waals surface area contributed by atoms with Crippen LogP contribution in [-0.4, -0.2) is 46.4 Å². The van der Waals surface area contributed by atoms with E-state index in [2.05, 4.69) is 4.98 Å². The number of carbonyl (C=O) groups excluding carboxylic acids is 1. The molecule has 0 saturated carbocycles. The second kappa shape index (κ2) is 5.14. The van der Waals surface area contributed by atoms with Crippen LogP contribution in [0.3, 0.4) is 0 Å². The van der Waals surface area contributed by atoms with E-state index >= 15 is 0 Å². The fraction of sp³-hybridized carbons (Fsp3) is 0.500. The molecule has 5 heteroatoms. The molecule has 1 atom stereocenters. The van der Waals surface area contributed by atoms with Gasteiger partial charge in [-0.25, -0.2) is 0 Å². The first-order valence-corrected chi connectivity index (χ1v) is 5.78. The van der Waals surface area contributed by atoms with E-state index in [1.807, 2.05) is 4.90 Å². The van der Waals surface area contributed by atoms with Crippen molar-refractivity contribution in [3.8, 4) is 0 Å². The van der Waals surface area contributed by atoms with Crippen LogP contribution in [0, 0.1) is 5.92 Å². The molecule has 5 nitrogen and oxygen atoms in total. The summed E-state index contributed by atoms with van der Waals surface area (Å²) in [4.78, 5) is 27.5. The molecule has 1 aromatic rings. The third-order valence-electron chi connectivity index (χ3n) is 3.12. The Kier molecular flexibility index (Phi) is 3.58. The van der Waals surface area contributed by atoms with Crippen LogP contribution in [0.4, 0.5) is 0 Å². The van der Waals surface area contributed by atoms with Crippen LogP contribution < -0.4 is 0 Å². The fourth-order valence-corrected chi connectivity index (χ4v) is 2.19. The predicted octanol–water partition coefficient (Wildman–Crippen LogP) is 0.994. The lowest BCUT2D eigenvalue weighted by molar-refractivity contribution is -0.143. The van der Waals surface area contributed by atoms with Gasteiger partial charge in [0.1, 0.15) is 0 Å². The molecule has 2 heterocycles. The molecule has 92 valence electrons. The molecule has 1 fully saturated rings. The van der Waals surface area contributed by atoms with Crippen molar-refractivity contribution in [2.75, 3.05) is 19.6 Å². The Bertz CT molecular complexity index is 400. The third-order valence-corrected chi connectivity index (χ3v) is 3.12. The number of ketones is 1. The van der Waals surface area contributed by atoms with E-state index in [4.69, 9.17) is 5.11 Å². The lowest BCUT2D eigenvalue weighted by Gasteiger charge is -2.29. The Hall–Kier alpha value is -1.62. The van der Waals surface area contributed by atoms with Gasteiger partial charge in [-0.1, -0.05) is 0 Å². The number of likely N-dealkylation sites (tertiary alicyclic amines) is 1. The topological polar surface area (TPSA) is 73.4 Å². The van der Waals surface area contributed by atoms with E-state index < -0.39 is 5.97 Å². The van der Waals surface area contributed by atoms with Gasteiger partial charge in [0, 0.05) is 12.7 Å². The summed E-state index contributed by atoms with van der Waals surface area (Å²) < 4.78 is 0. The average Bonchev–Trinajstić information content (AvgIpc) is 2.82. The average molecular weight is 236 g/mol. The number of aromatic nitrogens is 1. The molecular formula is C12H16N2O3. The first kappa shape index (κ1) is 11.9. The van der Waals surface area contributed by atoms with Gasteiger partial charge in [-0.05, 0) is 31.5 Å². The Labute approximate surface area is 99.4 Å². The highest BCUT2D eigenvalue weighted by Crippen LogP contribution is 2.16. The van der Waals surface area contributed by atoms with Crippen LogP contribution >= 0.6 is 0 Å². The monoisotopic (exact) mass is 236 g/mol. The standard InChI is InChI=1S/C12H16N2O3/c15-11(10-4-1-5-13-10)8-14-6-2-3-9(7-14)12(16)17/h1,4-5,9,13H,2-3,6-8H2,(H,16,17). The van der Waals surface area contributed by atoms with Gasteiger partial charge >= 0.3 is 5.97 Å². The van der Waals surface area contributed by atoms with Crippen molar-refractivity contribution in [1.82, 2.24) is 9.88 Å². The zero-order chi connectivity index (χ0) is 12.3. The Morgan fingerprint density at radius 3 is 3.00 bits per heavy atom. The highest BCUT2D eigenvalue weighted by molar-refractivity contribution is 5.95. The largest absolute Gasteiger partial charge is 0.481 e. The second-order valence-corrected chi connectivity index (χ2v) is 4.42. The van der Waals surface area contributed by atoms with Gasteiger partial charge in [0.2, 0.25) is 0 Å². The van der Waals surface area contributed by atoms with E-state index in [0.717, 1.165) is 13.0 Å². The van der Waals surface area contributed by atoms with Crippen LogP contribution in [0.1, 0.15) is 23.3 Å². The Balaban J connectivity index is 1.91. The number of Topliss-reactive ketones (excluding diaryl/α,β-unsaturated/α-hetero) is 1. The van der Waals surface area contributed by atoms with E-state index in [1.54, 1.807) is 18.3 Å². The molecule has 1 aromatic heterocycles. The lowest BCUT2D eigenvalue weighted by Crippen LogP contribution is -2.41. The number of carboxylic acids is 1. The van der Waals surface area contributed by atoms with Crippen LogP contribution in [0.2, 0.25) is 0 Å². The van der Waals surface area contributed by atoms with Gasteiger partial charge in [0.15, 0.2) is 5.78 Å². The predicted molar refractivity (Wildman–Crippen MR) is 61.9 cm³/mol. The number of aromatic amines is 1. The number of piperidine rings is 1. The summed E-state index contributed by atoms with van der Waals surface area (Å²) in [6, 6.07) is 3.52. The molecule has 17 heavy (non-hydrogen) atoms. The van der Waals surface area contributed by atoms with Crippen LogP contribution in [0.15, 0.2) is 18.3 Å². The first-order valence-electron chi connectivity index (χ1n) is 5.78. The van der Waals surface area contributed by atoms with Crippen LogP contribution in [0.5, 0.6) is 0 Å². The molecule has 1 aliphatic heterocycles. The van der Waals surface area contributed by atoms with Crippen molar-refractivity contribution >= 4 is 11.8 Å². The number of H-pyrrole nitrogens is 1. The minimum Gasteiger partial charge on any atom is -0.481 e. The minimum absolute atomic E-state index is 0.0149. The van der Waals surface area contributed by atoms with E-state index in [9.17, 15) is 9.59 Å². The smallest absolute Gasteiger partial charge is 0.307 e. The normalized spacial score (nSPS) is 21.3. The molecule has 1 unspecified atom stereocenters. The van der Waals surface area contributed by atoms with Crippen molar-refractivity contribution in [1.29, 1.82) is 0 Å². The maximum Gasteiger partial charge on any atom is 0.307 e. The molecule has 2 rings (SSSR count). The third kappa shape index (κ3) is 2.94. The summed E-state index contributed by atoms with van der Waals surface area (Å²) in [6.45, 7) is 1.57. The zero-order valence-electron chi connectivity index (χ0n) is 9.56. The molecule has 1 aliphatic rings. The molecular weight excluding hydrogens is 220 g/mol. The van der Waals surface area contributed by atoms with Gasteiger partial charge in [0.05, 0.1) is 18.2 Å². The molecule has 0 bridgehead atoms. The summed E-state index contributed by atoms with van der Waals surface area (Å²) in [7, 11) is 0. The molecule has 0 amide bonds. The van der Waals surface area contributed by atoms with Crippen LogP contribution in [-0.2, 0) is 4.79 Å². The maximum absolute atomic E-state index is 11.8. The zero-order valence-corrected chi connectivity index (χ0v) is 9.56. The fourth-order valence-electron chi connectivity index (χ4n) is 2.19. The summed E-state index contributed by atoms with van der Waals surface area (Å²) in [5.41, 5.74) is 0.586. The quantitative estimate of drug-likeness (QED) is 0.765. The summed E-state index contributed by atoms with van der Waals surface area (Å²) in [5.74, 6) is -1.08. The van der Waals surface area contributed by atoms with Gasteiger partial charge in [-0.2, -0.15) is 0 Å². The number of carboxylic acid groups (broad SMARTS) is 1. The number of hydrogen-bond donors (Lipinski definition) is 2. The Morgan fingerprint density at radius 2 is 2.35 bits per heavy atom. The molecule has 0 radical (unpaired) electrons. The minimum atomic E-state index is -0.762. The molecule has 0 aliphatic carbocycles. The number of nitrogens with zero attached hydrogens (tertiary/aromatic N) is 1. The Morgan fingerprint density at radius 1 is 1.53 bits per heavy atom. The maximum atomic E-state index is 11.8. The molecule has 0 spiro atoms. The van der Waals surface area contributed by atoms with Crippen molar-refractivity contribution in [2.45, 2.75) is 12.8 Å². The van der Waals surface area contributed by atoms with Crippen molar-refractivity contribution in [2.24, 2.45) is 5.92 Å². The number of nitrogens with one attached hydrogen (secondary N) is 1. The lowest BCUT2D eigenvalue weighted by atomic mass is 9.98. The number of rotatable bonds is 4. The summed E-state index contributed by atoms with van der Waals surface area (Å²) >= 11 is 0. The van der Waals surface area contributed by atoms with Gasteiger partial charge in [-0.3, -0.25) is 14.5 Å². The van der Waals surface area contributed by atoms with Crippen LogP contribution in [0.25, 0.3) is 0 Å². The van der Waals surface area contributed by atoms with Crippen molar-refractivity contribution < 1.29 is 14.7 Å².